The van der Waals surface area contributed by atoms with Gasteiger partial charge in [0.05, 0.1) is 22.5 Å². The molecule has 1 aliphatic rings. The van der Waals surface area contributed by atoms with Crippen LogP contribution in [0, 0.1) is 0 Å². The highest BCUT2D eigenvalue weighted by Gasteiger charge is 2.30. The van der Waals surface area contributed by atoms with Crippen LogP contribution in [0.25, 0.3) is 22.5 Å². The average Bonchev–Trinajstić information content (AvgIpc) is 2.95. The largest absolute Gasteiger partial charge is 0.507 e. The number of rotatable bonds is 6. The number of nitrogens with one attached hydrogen (secondary N) is 2. The minimum Gasteiger partial charge on any atom is -0.507 e. The van der Waals surface area contributed by atoms with Gasteiger partial charge in [-0.05, 0) is 73.5 Å². The number of carbonyl (C=O) groups is 2. The Morgan fingerprint density at radius 1 is 0.658 bits per heavy atom. The first-order valence-corrected chi connectivity index (χ1v) is 12.6. The van der Waals surface area contributed by atoms with Gasteiger partial charge in [-0.1, -0.05) is 25.0 Å². The van der Waals surface area contributed by atoms with Crippen molar-refractivity contribution >= 4 is 11.8 Å². The summed E-state index contributed by atoms with van der Waals surface area (Å²) in [4.78, 5) is 35.1. The molecule has 192 valence electrons. The van der Waals surface area contributed by atoms with Crippen molar-refractivity contribution in [3.05, 3.63) is 96.3 Å². The Hall–Kier alpha value is -4.72. The van der Waals surface area contributed by atoms with Crippen LogP contribution in [0.4, 0.5) is 0 Å². The van der Waals surface area contributed by atoms with Crippen LogP contribution in [0.15, 0.2) is 85.2 Å². The first-order valence-electron chi connectivity index (χ1n) is 12.6. The Bertz CT molecular complexity index is 1330. The van der Waals surface area contributed by atoms with Gasteiger partial charge in [0.15, 0.2) is 0 Å². The Kier molecular flexibility index (Phi) is 7.31. The number of aromatic nitrogens is 2. The van der Waals surface area contributed by atoms with Crippen LogP contribution in [-0.4, -0.2) is 44.1 Å². The lowest BCUT2D eigenvalue weighted by atomic mass is 9.89. The SMILES string of the molecule is O=C(N[C@@H]1CCCC[C@H]1NC(=O)c1cc(-c2ccccn2)ccc1O)c1cc(-c2ccccn2)ccc1O. The van der Waals surface area contributed by atoms with Gasteiger partial charge < -0.3 is 20.8 Å². The monoisotopic (exact) mass is 508 g/mol. The molecule has 38 heavy (non-hydrogen) atoms. The predicted octanol–water partition coefficient (Wildman–Crippen LogP) is 4.69. The zero-order valence-electron chi connectivity index (χ0n) is 20.7. The molecule has 0 bridgehead atoms. The van der Waals surface area contributed by atoms with Crippen molar-refractivity contribution < 1.29 is 19.8 Å². The number of nitrogens with zero attached hydrogens (tertiary/aromatic N) is 2. The maximum Gasteiger partial charge on any atom is 0.255 e. The summed E-state index contributed by atoms with van der Waals surface area (Å²) in [5.74, 6) is -1.11. The Balaban J connectivity index is 1.32. The molecule has 5 rings (SSSR count). The molecule has 8 nitrogen and oxygen atoms in total. The van der Waals surface area contributed by atoms with Gasteiger partial charge in [-0.3, -0.25) is 19.6 Å². The quantitative estimate of drug-likeness (QED) is 0.299. The zero-order chi connectivity index (χ0) is 26.5. The number of pyridine rings is 2. The maximum atomic E-state index is 13.2. The Labute approximate surface area is 220 Å². The number of hydrogen-bond acceptors (Lipinski definition) is 6. The molecule has 4 N–H and O–H groups in total. The number of aromatic hydroxyl groups is 2. The molecule has 2 aromatic carbocycles. The molecule has 2 heterocycles. The molecular weight excluding hydrogens is 480 g/mol. The van der Waals surface area contributed by atoms with Crippen LogP contribution in [0.3, 0.4) is 0 Å². The summed E-state index contributed by atoms with van der Waals surface area (Å²) in [6, 6.07) is 19.9. The van der Waals surface area contributed by atoms with E-state index in [2.05, 4.69) is 20.6 Å². The molecule has 4 aromatic rings. The van der Waals surface area contributed by atoms with Gasteiger partial charge in [-0.15, -0.1) is 0 Å². The molecule has 0 saturated heterocycles. The summed E-state index contributed by atoms with van der Waals surface area (Å²) in [7, 11) is 0. The number of phenols is 2. The first kappa shape index (κ1) is 25.0. The van der Waals surface area contributed by atoms with Crippen molar-refractivity contribution in [3.8, 4) is 34.0 Å². The van der Waals surface area contributed by atoms with E-state index in [1.165, 1.54) is 12.1 Å². The predicted molar refractivity (Wildman–Crippen MR) is 144 cm³/mol. The van der Waals surface area contributed by atoms with E-state index in [4.69, 9.17) is 0 Å². The van der Waals surface area contributed by atoms with Gasteiger partial charge in [-0.2, -0.15) is 0 Å². The third-order valence-corrected chi connectivity index (χ3v) is 6.80. The summed E-state index contributed by atoms with van der Waals surface area (Å²) >= 11 is 0. The Morgan fingerprint density at radius 2 is 1.11 bits per heavy atom. The standard InChI is InChI=1S/C30H28N4O4/c35-27-13-11-19(23-7-3-5-15-31-23)17-21(27)29(37)33-25-9-1-2-10-26(25)34-30(38)22-18-20(12-14-28(22)36)24-8-4-6-16-32-24/h3-8,11-18,25-26,35-36H,1-2,9-10H2,(H,33,37)(H,34,38)/t25-,26-/m1/s1. The number of carbonyl (C=O) groups excluding carboxylic acids is 2. The molecule has 2 aromatic heterocycles. The summed E-state index contributed by atoms with van der Waals surface area (Å²) in [5, 5.41) is 26.8. The van der Waals surface area contributed by atoms with Crippen LogP contribution in [0.2, 0.25) is 0 Å². The highest BCUT2D eigenvalue weighted by molar-refractivity contribution is 5.99. The highest BCUT2D eigenvalue weighted by atomic mass is 16.3. The third kappa shape index (κ3) is 5.49. The summed E-state index contributed by atoms with van der Waals surface area (Å²) in [5.41, 5.74) is 3.10. The lowest BCUT2D eigenvalue weighted by Gasteiger charge is -2.33. The first-order chi connectivity index (χ1) is 18.5. The second-order valence-corrected chi connectivity index (χ2v) is 9.34. The van der Waals surface area contributed by atoms with E-state index in [9.17, 15) is 19.8 Å². The van der Waals surface area contributed by atoms with Crippen LogP contribution < -0.4 is 10.6 Å². The van der Waals surface area contributed by atoms with Gasteiger partial charge in [0, 0.05) is 35.6 Å². The molecule has 8 heteroatoms. The van der Waals surface area contributed by atoms with E-state index in [0.29, 0.717) is 35.4 Å². The van der Waals surface area contributed by atoms with E-state index < -0.39 is 11.8 Å². The average molecular weight is 509 g/mol. The molecule has 0 unspecified atom stereocenters. The van der Waals surface area contributed by atoms with Gasteiger partial charge in [0.2, 0.25) is 0 Å². The zero-order valence-corrected chi connectivity index (χ0v) is 20.7. The van der Waals surface area contributed by atoms with E-state index in [-0.39, 0.29) is 34.7 Å². The fourth-order valence-electron chi connectivity index (χ4n) is 4.79. The lowest BCUT2D eigenvalue weighted by Crippen LogP contribution is -2.53. The van der Waals surface area contributed by atoms with E-state index in [1.54, 1.807) is 36.7 Å². The molecule has 0 aliphatic heterocycles. The topological polar surface area (TPSA) is 124 Å². The molecule has 2 atom stereocenters. The molecular formula is C30H28N4O4. The Morgan fingerprint density at radius 3 is 1.50 bits per heavy atom. The summed E-state index contributed by atoms with van der Waals surface area (Å²) < 4.78 is 0. The van der Waals surface area contributed by atoms with Crippen molar-refractivity contribution in [3.63, 3.8) is 0 Å². The van der Waals surface area contributed by atoms with Gasteiger partial charge in [-0.25, -0.2) is 0 Å². The van der Waals surface area contributed by atoms with Crippen LogP contribution in [0.1, 0.15) is 46.4 Å². The molecule has 2 amide bonds. The van der Waals surface area contributed by atoms with Crippen LogP contribution in [-0.2, 0) is 0 Å². The lowest BCUT2D eigenvalue weighted by molar-refractivity contribution is 0.0859. The minimum atomic E-state index is -0.425. The van der Waals surface area contributed by atoms with Crippen molar-refractivity contribution in [1.82, 2.24) is 20.6 Å². The molecule has 1 aliphatic carbocycles. The minimum absolute atomic E-state index is 0.130. The maximum absolute atomic E-state index is 13.2. The van der Waals surface area contributed by atoms with Crippen molar-refractivity contribution in [2.45, 2.75) is 37.8 Å². The van der Waals surface area contributed by atoms with Crippen LogP contribution >= 0.6 is 0 Å². The molecule has 1 fully saturated rings. The third-order valence-electron chi connectivity index (χ3n) is 6.80. The summed E-state index contributed by atoms with van der Waals surface area (Å²) in [6.45, 7) is 0. The second-order valence-electron chi connectivity index (χ2n) is 9.34. The van der Waals surface area contributed by atoms with E-state index in [0.717, 1.165) is 12.8 Å². The van der Waals surface area contributed by atoms with E-state index in [1.807, 2.05) is 36.4 Å². The highest BCUT2D eigenvalue weighted by Crippen LogP contribution is 2.28. The number of amides is 2. The molecule has 0 spiro atoms. The van der Waals surface area contributed by atoms with Crippen molar-refractivity contribution in [2.24, 2.45) is 0 Å². The van der Waals surface area contributed by atoms with Gasteiger partial charge >= 0.3 is 0 Å². The van der Waals surface area contributed by atoms with E-state index >= 15 is 0 Å². The number of phenolic OH excluding ortho intramolecular Hbond substituents is 2. The fourth-order valence-corrected chi connectivity index (χ4v) is 4.79. The smallest absolute Gasteiger partial charge is 0.255 e. The number of hydrogen-bond donors (Lipinski definition) is 4. The summed E-state index contributed by atoms with van der Waals surface area (Å²) in [6.07, 6.45) is 6.49. The molecule has 1 saturated carbocycles. The molecule has 0 radical (unpaired) electrons. The number of benzene rings is 2. The van der Waals surface area contributed by atoms with Crippen LogP contribution in [0.5, 0.6) is 11.5 Å². The van der Waals surface area contributed by atoms with Crippen molar-refractivity contribution in [2.75, 3.05) is 0 Å². The van der Waals surface area contributed by atoms with Gasteiger partial charge in [0.1, 0.15) is 11.5 Å². The second kappa shape index (κ2) is 11.1. The van der Waals surface area contributed by atoms with Gasteiger partial charge in [0.25, 0.3) is 11.8 Å². The fraction of sp³-hybridized carbons (Fsp3) is 0.200. The normalized spacial score (nSPS) is 16.9. The van der Waals surface area contributed by atoms with Crippen molar-refractivity contribution in [1.29, 1.82) is 0 Å².